The van der Waals surface area contributed by atoms with Crippen molar-refractivity contribution in [2.75, 3.05) is 0 Å². The summed E-state index contributed by atoms with van der Waals surface area (Å²) in [6.07, 6.45) is 3.15. The van der Waals surface area contributed by atoms with E-state index in [0.717, 1.165) is 27.0 Å². The summed E-state index contributed by atoms with van der Waals surface area (Å²) < 4.78 is 3.21. The van der Waals surface area contributed by atoms with E-state index in [1.165, 1.54) is 11.1 Å². The lowest BCUT2D eigenvalue weighted by molar-refractivity contribution is -0.117. The maximum absolute atomic E-state index is 12.4. The van der Waals surface area contributed by atoms with Crippen molar-refractivity contribution in [3.05, 3.63) is 76.6 Å². The van der Waals surface area contributed by atoms with Gasteiger partial charge in [0.15, 0.2) is 4.80 Å². The highest BCUT2D eigenvalue weighted by Gasteiger charge is 2.08. The molecule has 0 N–H and O–H groups in total. The van der Waals surface area contributed by atoms with Gasteiger partial charge in [0.05, 0.1) is 16.6 Å². The Morgan fingerprint density at radius 3 is 2.60 bits per heavy atom. The minimum Gasteiger partial charge on any atom is -0.313 e. The normalized spacial score (nSPS) is 11.8. The molecule has 0 bridgehead atoms. The topological polar surface area (TPSA) is 34.4 Å². The smallest absolute Gasteiger partial charge is 0.252 e. The maximum atomic E-state index is 12.4. The van der Waals surface area contributed by atoms with Gasteiger partial charge in [-0.15, -0.1) is 6.58 Å². The first kappa shape index (κ1) is 17.4. The largest absolute Gasteiger partial charge is 0.313 e. The molecule has 128 valence electrons. The summed E-state index contributed by atoms with van der Waals surface area (Å²) in [5.74, 6) is -0.121. The SMILES string of the molecule is C=CCn1c(=NC(=O)Cc2ccc(C)cc2)sc2cc(CC)ccc21. The number of carbonyl (C=O) groups is 1. The van der Waals surface area contributed by atoms with Gasteiger partial charge in [-0.3, -0.25) is 4.79 Å². The third kappa shape index (κ3) is 3.97. The van der Waals surface area contributed by atoms with E-state index < -0.39 is 0 Å². The van der Waals surface area contributed by atoms with Gasteiger partial charge in [-0.2, -0.15) is 4.99 Å². The van der Waals surface area contributed by atoms with Crippen molar-refractivity contribution in [3.63, 3.8) is 0 Å². The van der Waals surface area contributed by atoms with Crippen molar-refractivity contribution in [2.24, 2.45) is 4.99 Å². The molecule has 0 aliphatic carbocycles. The zero-order valence-corrected chi connectivity index (χ0v) is 15.5. The molecule has 3 aromatic rings. The molecule has 0 aliphatic heterocycles. The van der Waals surface area contributed by atoms with Gasteiger partial charge in [-0.25, -0.2) is 0 Å². The van der Waals surface area contributed by atoms with Crippen LogP contribution in [0.3, 0.4) is 0 Å². The van der Waals surface area contributed by atoms with Crippen LogP contribution in [0.1, 0.15) is 23.6 Å². The number of benzene rings is 2. The standard InChI is InChI=1S/C21H22N2OS/c1-4-12-23-18-11-10-16(5-2)13-19(18)25-21(23)22-20(24)14-17-8-6-15(3)7-9-17/h4,6-11,13H,1,5,12,14H2,2-3H3. The van der Waals surface area contributed by atoms with Gasteiger partial charge >= 0.3 is 0 Å². The van der Waals surface area contributed by atoms with E-state index in [1.54, 1.807) is 11.3 Å². The second-order valence-electron chi connectivity index (χ2n) is 6.11. The molecule has 4 heteroatoms. The molecule has 0 radical (unpaired) electrons. The molecule has 0 aliphatic rings. The average Bonchev–Trinajstić information content (AvgIpc) is 2.93. The predicted molar refractivity (Wildman–Crippen MR) is 105 cm³/mol. The fraction of sp³-hybridized carbons (Fsp3) is 0.238. The van der Waals surface area contributed by atoms with E-state index in [-0.39, 0.29) is 5.91 Å². The minimum absolute atomic E-state index is 0.121. The Labute approximate surface area is 152 Å². The third-order valence-electron chi connectivity index (χ3n) is 4.16. The van der Waals surface area contributed by atoms with Crippen LogP contribution < -0.4 is 4.80 Å². The first-order valence-electron chi connectivity index (χ1n) is 8.47. The number of carbonyl (C=O) groups excluding carboxylic acids is 1. The summed E-state index contributed by atoms with van der Waals surface area (Å²) in [5.41, 5.74) is 4.57. The Morgan fingerprint density at radius 1 is 1.20 bits per heavy atom. The first-order chi connectivity index (χ1) is 12.1. The molecule has 25 heavy (non-hydrogen) atoms. The molecule has 0 fully saturated rings. The van der Waals surface area contributed by atoms with Crippen LogP contribution in [-0.2, 0) is 24.2 Å². The fourth-order valence-electron chi connectivity index (χ4n) is 2.76. The number of amides is 1. The second kappa shape index (κ2) is 7.62. The first-order valence-corrected chi connectivity index (χ1v) is 9.28. The van der Waals surface area contributed by atoms with E-state index in [1.807, 2.05) is 37.3 Å². The number of aromatic nitrogens is 1. The predicted octanol–water partition coefficient (Wildman–Crippen LogP) is 4.43. The van der Waals surface area contributed by atoms with Crippen LogP contribution >= 0.6 is 11.3 Å². The van der Waals surface area contributed by atoms with Crippen molar-refractivity contribution in [1.29, 1.82) is 0 Å². The van der Waals surface area contributed by atoms with Crippen LogP contribution in [0.2, 0.25) is 0 Å². The van der Waals surface area contributed by atoms with Gasteiger partial charge in [-0.1, -0.05) is 60.2 Å². The van der Waals surface area contributed by atoms with Gasteiger partial charge in [-0.05, 0) is 36.6 Å². The van der Waals surface area contributed by atoms with E-state index in [2.05, 4.69) is 41.3 Å². The number of aryl methyl sites for hydroxylation is 2. The van der Waals surface area contributed by atoms with Gasteiger partial charge in [0, 0.05) is 6.54 Å². The number of hydrogen-bond acceptors (Lipinski definition) is 2. The monoisotopic (exact) mass is 350 g/mol. The summed E-state index contributed by atoms with van der Waals surface area (Å²) in [7, 11) is 0. The van der Waals surface area contributed by atoms with Crippen molar-refractivity contribution >= 4 is 27.5 Å². The quantitative estimate of drug-likeness (QED) is 0.627. The van der Waals surface area contributed by atoms with E-state index >= 15 is 0 Å². The molecule has 0 spiro atoms. The molecule has 1 heterocycles. The molecule has 0 unspecified atom stereocenters. The van der Waals surface area contributed by atoms with Crippen molar-refractivity contribution in [2.45, 2.75) is 33.2 Å². The second-order valence-corrected chi connectivity index (χ2v) is 7.12. The molecule has 1 amide bonds. The van der Waals surface area contributed by atoms with Crippen LogP contribution in [0.5, 0.6) is 0 Å². The highest BCUT2D eigenvalue weighted by Crippen LogP contribution is 2.19. The molecule has 1 aromatic heterocycles. The molecular weight excluding hydrogens is 328 g/mol. The van der Waals surface area contributed by atoms with Crippen molar-refractivity contribution < 1.29 is 4.79 Å². The molecule has 0 saturated carbocycles. The minimum atomic E-state index is -0.121. The number of rotatable bonds is 5. The number of allylic oxidation sites excluding steroid dienone is 1. The van der Waals surface area contributed by atoms with Gasteiger partial charge in [0.2, 0.25) is 0 Å². The molecule has 0 saturated heterocycles. The summed E-state index contributed by atoms with van der Waals surface area (Å²) in [5, 5.41) is 0. The highest BCUT2D eigenvalue weighted by atomic mass is 32.1. The van der Waals surface area contributed by atoms with E-state index in [0.29, 0.717) is 13.0 Å². The Morgan fingerprint density at radius 2 is 1.92 bits per heavy atom. The molecule has 2 aromatic carbocycles. The van der Waals surface area contributed by atoms with Gasteiger partial charge in [0.25, 0.3) is 5.91 Å². The van der Waals surface area contributed by atoms with Crippen LogP contribution in [0.15, 0.2) is 60.1 Å². The molecular formula is C21H22N2OS. The Kier molecular flexibility index (Phi) is 5.29. The lowest BCUT2D eigenvalue weighted by Crippen LogP contribution is -2.16. The summed E-state index contributed by atoms with van der Waals surface area (Å²) >= 11 is 1.56. The number of thiazole rings is 1. The van der Waals surface area contributed by atoms with Crippen molar-refractivity contribution in [3.8, 4) is 0 Å². The fourth-order valence-corrected chi connectivity index (χ4v) is 3.88. The zero-order chi connectivity index (χ0) is 17.8. The Hall–Kier alpha value is -2.46. The maximum Gasteiger partial charge on any atom is 0.252 e. The number of nitrogens with zero attached hydrogens (tertiary/aromatic N) is 2. The lowest BCUT2D eigenvalue weighted by Gasteiger charge is -2.02. The van der Waals surface area contributed by atoms with Crippen molar-refractivity contribution in [1.82, 2.24) is 4.57 Å². The van der Waals surface area contributed by atoms with Crippen LogP contribution in [0.25, 0.3) is 10.2 Å². The highest BCUT2D eigenvalue weighted by molar-refractivity contribution is 7.16. The Bertz CT molecular complexity index is 977. The summed E-state index contributed by atoms with van der Waals surface area (Å²) in [6.45, 7) is 8.65. The van der Waals surface area contributed by atoms with Crippen LogP contribution in [0.4, 0.5) is 0 Å². The van der Waals surface area contributed by atoms with Crippen LogP contribution in [-0.4, -0.2) is 10.5 Å². The summed E-state index contributed by atoms with van der Waals surface area (Å²) in [4.78, 5) is 17.5. The van der Waals surface area contributed by atoms with Gasteiger partial charge < -0.3 is 4.57 Å². The third-order valence-corrected chi connectivity index (χ3v) is 5.20. The molecule has 0 atom stereocenters. The van der Waals surface area contributed by atoms with Gasteiger partial charge in [0.1, 0.15) is 0 Å². The van der Waals surface area contributed by atoms with Crippen LogP contribution in [0, 0.1) is 6.92 Å². The zero-order valence-electron chi connectivity index (χ0n) is 14.7. The number of hydrogen-bond donors (Lipinski definition) is 0. The average molecular weight is 350 g/mol. The number of fused-ring (bicyclic) bond motifs is 1. The van der Waals surface area contributed by atoms with E-state index in [4.69, 9.17) is 0 Å². The Balaban J connectivity index is 1.98. The van der Waals surface area contributed by atoms with E-state index in [9.17, 15) is 4.79 Å². The molecule has 3 nitrogen and oxygen atoms in total. The lowest BCUT2D eigenvalue weighted by atomic mass is 10.1. The molecule has 3 rings (SSSR count). The summed E-state index contributed by atoms with van der Waals surface area (Å²) in [6, 6.07) is 14.4.